The number of rotatable bonds is 5. The number of halogens is 1. The van der Waals surface area contributed by atoms with Gasteiger partial charge >= 0.3 is 0 Å². The van der Waals surface area contributed by atoms with E-state index in [1.54, 1.807) is 12.1 Å². The molecular weight excluding hydrogens is 396 g/mol. The molecule has 0 aliphatic rings. The van der Waals surface area contributed by atoms with Crippen LogP contribution in [0.1, 0.15) is 13.3 Å². The SMILES string of the molecule is CC[C@H](Sc1nnc2c3ccccc3n(C)c2n1)C(=O)Nc1ccc(Cl)cn1. The minimum Gasteiger partial charge on any atom is -0.327 e. The van der Waals surface area contributed by atoms with Crippen LogP contribution in [0, 0.1) is 0 Å². The van der Waals surface area contributed by atoms with Gasteiger partial charge in [0.1, 0.15) is 11.3 Å². The van der Waals surface area contributed by atoms with Gasteiger partial charge in [-0.3, -0.25) is 4.79 Å². The summed E-state index contributed by atoms with van der Waals surface area (Å²) in [5.41, 5.74) is 2.54. The van der Waals surface area contributed by atoms with E-state index in [2.05, 4.69) is 25.5 Å². The van der Waals surface area contributed by atoms with E-state index in [0.717, 1.165) is 22.1 Å². The first-order valence-electron chi connectivity index (χ1n) is 8.73. The van der Waals surface area contributed by atoms with Crippen molar-refractivity contribution >= 4 is 57.2 Å². The normalized spacial score (nSPS) is 12.4. The number of aryl methyl sites for hydroxylation is 1. The first-order chi connectivity index (χ1) is 13.6. The molecule has 0 unspecified atom stereocenters. The summed E-state index contributed by atoms with van der Waals surface area (Å²) < 4.78 is 1.99. The van der Waals surface area contributed by atoms with Gasteiger partial charge in [-0.25, -0.2) is 9.97 Å². The Hall–Kier alpha value is -2.71. The summed E-state index contributed by atoms with van der Waals surface area (Å²) in [5, 5.41) is 13.0. The molecule has 4 rings (SSSR count). The Kier molecular flexibility index (Phi) is 5.15. The number of nitrogens with zero attached hydrogens (tertiary/aromatic N) is 5. The van der Waals surface area contributed by atoms with E-state index in [1.165, 1.54) is 18.0 Å². The molecule has 3 aromatic heterocycles. The number of thioether (sulfide) groups is 1. The molecule has 0 aliphatic carbocycles. The highest BCUT2D eigenvalue weighted by Crippen LogP contribution is 2.28. The molecule has 1 N–H and O–H groups in total. The zero-order valence-corrected chi connectivity index (χ0v) is 16.8. The lowest BCUT2D eigenvalue weighted by atomic mass is 10.2. The second-order valence-electron chi connectivity index (χ2n) is 6.21. The van der Waals surface area contributed by atoms with Gasteiger partial charge in [0.2, 0.25) is 11.1 Å². The number of hydrogen-bond donors (Lipinski definition) is 1. The molecule has 0 fully saturated rings. The second kappa shape index (κ2) is 7.73. The molecule has 4 aromatic rings. The molecule has 1 atom stereocenters. The molecule has 0 aliphatic heterocycles. The summed E-state index contributed by atoms with van der Waals surface area (Å²) in [7, 11) is 1.95. The van der Waals surface area contributed by atoms with Gasteiger partial charge in [0, 0.05) is 18.6 Å². The first kappa shape index (κ1) is 18.6. The molecular formula is C19H17ClN6OS. The van der Waals surface area contributed by atoms with Crippen LogP contribution in [0.2, 0.25) is 5.02 Å². The van der Waals surface area contributed by atoms with Gasteiger partial charge < -0.3 is 9.88 Å². The largest absolute Gasteiger partial charge is 0.327 e. The topological polar surface area (TPSA) is 85.6 Å². The van der Waals surface area contributed by atoms with Crippen molar-refractivity contribution in [1.82, 2.24) is 24.7 Å². The van der Waals surface area contributed by atoms with Crippen LogP contribution in [-0.2, 0) is 11.8 Å². The van der Waals surface area contributed by atoms with Gasteiger partial charge in [-0.05, 0) is 24.6 Å². The molecule has 0 saturated carbocycles. The fourth-order valence-electron chi connectivity index (χ4n) is 2.95. The van der Waals surface area contributed by atoms with Crippen molar-refractivity contribution in [2.24, 2.45) is 7.05 Å². The maximum Gasteiger partial charge on any atom is 0.239 e. The Morgan fingerprint density at radius 3 is 2.82 bits per heavy atom. The highest BCUT2D eigenvalue weighted by Gasteiger charge is 2.21. The lowest BCUT2D eigenvalue weighted by molar-refractivity contribution is -0.115. The van der Waals surface area contributed by atoms with Crippen LogP contribution >= 0.6 is 23.4 Å². The van der Waals surface area contributed by atoms with Crippen LogP contribution in [-0.4, -0.2) is 35.9 Å². The summed E-state index contributed by atoms with van der Waals surface area (Å²) in [6.07, 6.45) is 2.10. The van der Waals surface area contributed by atoms with E-state index < -0.39 is 0 Å². The minimum atomic E-state index is -0.369. The van der Waals surface area contributed by atoms with E-state index in [-0.39, 0.29) is 11.2 Å². The van der Waals surface area contributed by atoms with Crippen LogP contribution in [0.15, 0.2) is 47.8 Å². The Morgan fingerprint density at radius 1 is 1.25 bits per heavy atom. The van der Waals surface area contributed by atoms with Crippen LogP contribution in [0.4, 0.5) is 5.82 Å². The standard InChI is InChI=1S/C19H17ClN6OS/c1-3-14(18(27)22-15-9-8-11(20)10-21-15)28-19-23-17-16(24-25-19)12-6-4-5-7-13(12)26(17)2/h4-10,14H,3H2,1-2H3,(H,21,22,27)/t14-/m0/s1. The third-order valence-corrected chi connectivity index (χ3v) is 5.82. The second-order valence-corrected chi connectivity index (χ2v) is 7.81. The Bertz CT molecular complexity index is 1160. The number of hydrogen-bond acceptors (Lipinski definition) is 6. The van der Waals surface area contributed by atoms with Crippen LogP contribution in [0.3, 0.4) is 0 Å². The predicted octanol–water partition coefficient (Wildman–Crippen LogP) is 4.07. The molecule has 7 nitrogen and oxygen atoms in total. The first-order valence-corrected chi connectivity index (χ1v) is 9.99. The summed E-state index contributed by atoms with van der Waals surface area (Å²) in [5.74, 6) is 0.291. The van der Waals surface area contributed by atoms with Gasteiger partial charge in [-0.15, -0.1) is 10.2 Å². The predicted molar refractivity (Wildman–Crippen MR) is 112 cm³/mol. The van der Waals surface area contributed by atoms with Crippen molar-refractivity contribution in [2.75, 3.05) is 5.32 Å². The molecule has 3 heterocycles. The number of benzene rings is 1. The van der Waals surface area contributed by atoms with Gasteiger partial charge in [0.05, 0.1) is 15.8 Å². The Balaban J connectivity index is 1.58. The number of fused-ring (bicyclic) bond motifs is 3. The van der Waals surface area contributed by atoms with Gasteiger partial charge in [-0.1, -0.05) is 48.5 Å². The average Bonchev–Trinajstić information content (AvgIpc) is 3.00. The number of amides is 1. The summed E-state index contributed by atoms with van der Waals surface area (Å²) in [4.78, 5) is 21.4. The Labute approximate surface area is 170 Å². The number of anilines is 1. The smallest absolute Gasteiger partial charge is 0.239 e. The molecule has 0 saturated heterocycles. The van der Waals surface area contributed by atoms with E-state index in [0.29, 0.717) is 22.4 Å². The number of aromatic nitrogens is 5. The van der Waals surface area contributed by atoms with E-state index >= 15 is 0 Å². The quantitative estimate of drug-likeness (QED) is 0.497. The molecule has 142 valence electrons. The van der Waals surface area contributed by atoms with Gasteiger partial charge in [-0.2, -0.15) is 0 Å². The lowest BCUT2D eigenvalue weighted by Gasteiger charge is -2.13. The van der Waals surface area contributed by atoms with Crippen LogP contribution < -0.4 is 5.32 Å². The van der Waals surface area contributed by atoms with Gasteiger partial charge in [0.15, 0.2) is 5.65 Å². The van der Waals surface area contributed by atoms with Crippen molar-refractivity contribution in [3.63, 3.8) is 0 Å². The molecule has 0 bridgehead atoms. The average molecular weight is 413 g/mol. The maximum atomic E-state index is 12.6. The number of nitrogens with one attached hydrogen (secondary N) is 1. The zero-order valence-electron chi connectivity index (χ0n) is 15.3. The van der Waals surface area contributed by atoms with Crippen molar-refractivity contribution in [1.29, 1.82) is 0 Å². The summed E-state index contributed by atoms with van der Waals surface area (Å²) in [6.45, 7) is 1.94. The molecule has 9 heteroatoms. The molecule has 1 amide bonds. The van der Waals surface area contributed by atoms with E-state index in [9.17, 15) is 4.79 Å². The number of carbonyl (C=O) groups excluding carboxylic acids is 1. The Morgan fingerprint density at radius 2 is 2.07 bits per heavy atom. The third kappa shape index (κ3) is 3.53. The van der Waals surface area contributed by atoms with E-state index in [4.69, 9.17) is 11.6 Å². The van der Waals surface area contributed by atoms with E-state index in [1.807, 2.05) is 42.8 Å². The zero-order chi connectivity index (χ0) is 19.7. The molecule has 28 heavy (non-hydrogen) atoms. The molecule has 0 radical (unpaired) electrons. The highest BCUT2D eigenvalue weighted by atomic mass is 35.5. The monoisotopic (exact) mass is 412 g/mol. The number of carbonyl (C=O) groups is 1. The van der Waals surface area contributed by atoms with Gasteiger partial charge in [0.25, 0.3) is 0 Å². The molecule has 1 aromatic carbocycles. The number of para-hydroxylation sites is 1. The van der Waals surface area contributed by atoms with Crippen molar-refractivity contribution in [3.8, 4) is 0 Å². The maximum absolute atomic E-state index is 12.6. The van der Waals surface area contributed by atoms with Crippen molar-refractivity contribution < 1.29 is 4.79 Å². The minimum absolute atomic E-state index is 0.164. The van der Waals surface area contributed by atoms with Crippen molar-refractivity contribution in [3.05, 3.63) is 47.6 Å². The highest BCUT2D eigenvalue weighted by molar-refractivity contribution is 8.00. The fourth-order valence-corrected chi connectivity index (χ4v) is 3.87. The van der Waals surface area contributed by atoms with Crippen LogP contribution in [0.5, 0.6) is 0 Å². The summed E-state index contributed by atoms with van der Waals surface area (Å²) in [6, 6.07) is 11.3. The third-order valence-electron chi connectivity index (χ3n) is 4.38. The fraction of sp³-hybridized carbons (Fsp3) is 0.211. The summed E-state index contributed by atoms with van der Waals surface area (Å²) >= 11 is 7.12. The van der Waals surface area contributed by atoms with Crippen LogP contribution in [0.25, 0.3) is 22.1 Å². The molecule has 0 spiro atoms. The van der Waals surface area contributed by atoms with Crippen molar-refractivity contribution in [2.45, 2.75) is 23.8 Å². The number of pyridine rings is 1. The lowest BCUT2D eigenvalue weighted by Crippen LogP contribution is -2.25.